The van der Waals surface area contributed by atoms with Crippen LogP contribution in [0.4, 0.5) is 5.69 Å². The lowest BCUT2D eigenvalue weighted by Gasteiger charge is -2.13. The molecule has 4 rings (SSSR count). The van der Waals surface area contributed by atoms with E-state index in [4.69, 9.17) is 11.6 Å². The first kappa shape index (κ1) is 23.0. The Balaban J connectivity index is 1.42. The number of carbonyl (C=O) groups excluding carboxylic acids is 2. The van der Waals surface area contributed by atoms with E-state index >= 15 is 0 Å². The molecule has 0 unspecified atom stereocenters. The average Bonchev–Trinajstić information content (AvgIpc) is 3.37. The van der Waals surface area contributed by atoms with Crippen LogP contribution < -0.4 is 10.6 Å². The number of rotatable bonds is 9. The summed E-state index contributed by atoms with van der Waals surface area (Å²) in [4.78, 5) is 32.4. The molecule has 6 nitrogen and oxygen atoms in total. The molecule has 0 saturated heterocycles. The maximum Gasteiger partial charge on any atom is 0.269 e. The van der Waals surface area contributed by atoms with Gasteiger partial charge in [0.25, 0.3) is 5.91 Å². The second-order valence-electron chi connectivity index (χ2n) is 7.65. The maximum absolute atomic E-state index is 13.1. The zero-order valence-corrected chi connectivity index (χ0v) is 19.1. The van der Waals surface area contributed by atoms with Gasteiger partial charge in [-0.15, -0.1) is 0 Å². The van der Waals surface area contributed by atoms with Gasteiger partial charge in [0, 0.05) is 34.9 Å². The summed E-state index contributed by atoms with van der Waals surface area (Å²) >= 11 is 5.95. The Bertz CT molecular complexity index is 1310. The number of allylic oxidation sites excluding steroid dienone is 1. The van der Waals surface area contributed by atoms with Gasteiger partial charge in [-0.05, 0) is 29.3 Å². The number of benzene rings is 3. The molecule has 170 valence electrons. The van der Waals surface area contributed by atoms with Crippen LogP contribution in [0.25, 0.3) is 5.57 Å². The van der Waals surface area contributed by atoms with Gasteiger partial charge in [-0.25, -0.2) is 4.98 Å². The van der Waals surface area contributed by atoms with Gasteiger partial charge >= 0.3 is 0 Å². The third kappa shape index (κ3) is 5.60. The number of para-hydroxylation sites is 1. The quantitative estimate of drug-likeness (QED) is 0.222. The van der Waals surface area contributed by atoms with Crippen molar-refractivity contribution in [1.29, 1.82) is 0 Å². The van der Waals surface area contributed by atoms with Gasteiger partial charge in [-0.1, -0.05) is 78.8 Å². The van der Waals surface area contributed by atoms with Crippen LogP contribution in [-0.4, -0.2) is 21.7 Å². The Labute approximate surface area is 202 Å². The molecule has 0 saturated carbocycles. The minimum Gasteiger partial charge on any atom is -0.380 e. The molecule has 1 aromatic heterocycles. The van der Waals surface area contributed by atoms with E-state index in [1.807, 2.05) is 78.9 Å². The highest BCUT2D eigenvalue weighted by molar-refractivity contribution is 6.30. The molecule has 3 aromatic carbocycles. The van der Waals surface area contributed by atoms with E-state index in [1.165, 1.54) is 6.20 Å². The normalized spacial score (nSPS) is 10.5. The van der Waals surface area contributed by atoms with E-state index in [0.29, 0.717) is 23.7 Å². The summed E-state index contributed by atoms with van der Waals surface area (Å²) in [5.74, 6) is -0.670. The van der Waals surface area contributed by atoms with Crippen LogP contribution >= 0.6 is 11.6 Å². The molecule has 0 radical (unpaired) electrons. The van der Waals surface area contributed by atoms with Crippen LogP contribution in [0.3, 0.4) is 0 Å². The monoisotopic (exact) mass is 470 g/mol. The van der Waals surface area contributed by atoms with Gasteiger partial charge in [0.1, 0.15) is 5.69 Å². The van der Waals surface area contributed by atoms with Crippen LogP contribution in [0.2, 0.25) is 5.02 Å². The van der Waals surface area contributed by atoms with Crippen molar-refractivity contribution < 1.29 is 9.59 Å². The van der Waals surface area contributed by atoms with Crippen molar-refractivity contribution in [2.75, 3.05) is 5.32 Å². The van der Waals surface area contributed by atoms with E-state index in [-0.39, 0.29) is 28.8 Å². The Kier molecular flexibility index (Phi) is 7.20. The number of Topliss-reactive ketones (excluding diaryl/α,β-unsaturated/α-hetero) is 1. The standard InChI is InChI=1S/C27H23ClN4O2/c1-18(22-9-5-6-10-23(22)29-15-20-11-13-21(28)14-12-20)25(33)26-30-17-24(32-26)27(34)31-16-19-7-3-2-4-8-19/h2-14,17,29H,1,15-16H2,(H,30,32)(H,31,34). The van der Waals surface area contributed by atoms with Gasteiger partial charge in [-0.2, -0.15) is 0 Å². The second-order valence-corrected chi connectivity index (χ2v) is 8.08. The predicted molar refractivity (Wildman–Crippen MR) is 135 cm³/mol. The molecule has 0 aliphatic carbocycles. The van der Waals surface area contributed by atoms with E-state index in [1.54, 1.807) is 0 Å². The van der Waals surface area contributed by atoms with Crippen molar-refractivity contribution in [1.82, 2.24) is 15.3 Å². The number of aromatic amines is 1. The lowest BCUT2D eigenvalue weighted by molar-refractivity contribution is 0.0946. The van der Waals surface area contributed by atoms with Gasteiger partial charge in [0.2, 0.25) is 5.78 Å². The molecular weight excluding hydrogens is 448 g/mol. The highest BCUT2D eigenvalue weighted by atomic mass is 35.5. The number of imidazole rings is 1. The van der Waals surface area contributed by atoms with Crippen molar-refractivity contribution in [3.05, 3.63) is 125 Å². The number of hydrogen-bond donors (Lipinski definition) is 3. The minimum atomic E-state index is -0.386. The number of hydrogen-bond acceptors (Lipinski definition) is 4. The van der Waals surface area contributed by atoms with Crippen LogP contribution in [-0.2, 0) is 13.1 Å². The topological polar surface area (TPSA) is 86.9 Å². The molecule has 1 heterocycles. The SMILES string of the molecule is C=C(C(=O)c1ncc(C(=O)NCc2ccccc2)[nH]1)c1ccccc1NCc1ccc(Cl)cc1. The number of ketones is 1. The number of carbonyl (C=O) groups is 2. The number of nitrogens with one attached hydrogen (secondary N) is 3. The molecule has 1 amide bonds. The van der Waals surface area contributed by atoms with Gasteiger partial charge < -0.3 is 15.6 Å². The smallest absolute Gasteiger partial charge is 0.269 e. The summed E-state index contributed by atoms with van der Waals surface area (Å²) < 4.78 is 0. The fourth-order valence-corrected chi connectivity index (χ4v) is 3.52. The molecule has 34 heavy (non-hydrogen) atoms. The molecule has 4 aromatic rings. The molecule has 0 fully saturated rings. The molecule has 0 aliphatic rings. The van der Waals surface area contributed by atoms with Crippen molar-refractivity contribution in [2.24, 2.45) is 0 Å². The Morgan fingerprint density at radius 3 is 2.32 bits per heavy atom. The zero-order valence-electron chi connectivity index (χ0n) is 18.3. The van der Waals surface area contributed by atoms with Gasteiger partial charge in [0.15, 0.2) is 5.82 Å². The van der Waals surface area contributed by atoms with Crippen LogP contribution in [0.15, 0.2) is 91.6 Å². The third-order valence-electron chi connectivity index (χ3n) is 5.25. The number of halogens is 1. The summed E-state index contributed by atoms with van der Waals surface area (Å²) in [6.07, 6.45) is 1.35. The lowest BCUT2D eigenvalue weighted by Crippen LogP contribution is -2.23. The minimum absolute atomic E-state index is 0.0577. The first-order chi connectivity index (χ1) is 16.5. The molecule has 3 N–H and O–H groups in total. The van der Waals surface area contributed by atoms with Crippen molar-refractivity contribution in [3.63, 3.8) is 0 Å². The summed E-state index contributed by atoms with van der Waals surface area (Å²) in [7, 11) is 0. The third-order valence-corrected chi connectivity index (χ3v) is 5.51. The molecule has 7 heteroatoms. The number of H-pyrrole nitrogens is 1. The number of anilines is 1. The van der Waals surface area contributed by atoms with E-state index in [2.05, 4.69) is 27.2 Å². The van der Waals surface area contributed by atoms with Gasteiger partial charge in [0.05, 0.1) is 6.20 Å². The fourth-order valence-electron chi connectivity index (χ4n) is 3.39. The Morgan fingerprint density at radius 2 is 1.56 bits per heavy atom. The van der Waals surface area contributed by atoms with E-state index < -0.39 is 0 Å². The zero-order chi connectivity index (χ0) is 23.9. The summed E-state index contributed by atoms with van der Waals surface area (Å²) in [6, 6.07) is 24.5. The van der Waals surface area contributed by atoms with E-state index in [9.17, 15) is 9.59 Å². The summed E-state index contributed by atoms with van der Waals surface area (Å²) in [5, 5.41) is 6.83. The summed E-state index contributed by atoms with van der Waals surface area (Å²) in [6.45, 7) is 4.93. The largest absolute Gasteiger partial charge is 0.380 e. The Hall–Kier alpha value is -4.16. The van der Waals surface area contributed by atoms with Crippen molar-refractivity contribution in [3.8, 4) is 0 Å². The average molecular weight is 471 g/mol. The fraction of sp³-hybridized carbons (Fsp3) is 0.0741. The first-order valence-electron chi connectivity index (χ1n) is 10.7. The molecule has 0 aliphatic heterocycles. The first-order valence-corrected chi connectivity index (χ1v) is 11.1. The summed E-state index contributed by atoms with van der Waals surface area (Å²) in [5.41, 5.74) is 3.93. The maximum atomic E-state index is 13.1. The molecular formula is C27H23ClN4O2. The van der Waals surface area contributed by atoms with E-state index in [0.717, 1.165) is 16.8 Å². The van der Waals surface area contributed by atoms with Crippen LogP contribution in [0.5, 0.6) is 0 Å². The van der Waals surface area contributed by atoms with Gasteiger partial charge in [-0.3, -0.25) is 9.59 Å². The lowest BCUT2D eigenvalue weighted by atomic mass is 10.0. The molecule has 0 atom stereocenters. The number of amides is 1. The Morgan fingerprint density at radius 1 is 0.882 bits per heavy atom. The molecule has 0 spiro atoms. The van der Waals surface area contributed by atoms with Crippen LogP contribution in [0, 0.1) is 0 Å². The van der Waals surface area contributed by atoms with Crippen LogP contribution in [0.1, 0.15) is 37.8 Å². The second kappa shape index (κ2) is 10.6. The number of aromatic nitrogens is 2. The molecule has 0 bridgehead atoms. The highest BCUT2D eigenvalue weighted by Crippen LogP contribution is 2.25. The predicted octanol–water partition coefficient (Wildman–Crippen LogP) is 5.50. The van der Waals surface area contributed by atoms with Crippen molar-refractivity contribution >= 4 is 34.6 Å². The van der Waals surface area contributed by atoms with Crippen molar-refractivity contribution in [2.45, 2.75) is 13.1 Å². The number of nitrogens with zero attached hydrogens (tertiary/aromatic N) is 1. The highest BCUT2D eigenvalue weighted by Gasteiger charge is 2.20.